The summed E-state index contributed by atoms with van der Waals surface area (Å²) in [5.41, 5.74) is 1.89. The molecule has 0 spiro atoms. The lowest BCUT2D eigenvalue weighted by atomic mass is 9.99. The van der Waals surface area contributed by atoms with E-state index in [0.717, 1.165) is 11.3 Å². The smallest absolute Gasteiger partial charge is 0.303 e. The van der Waals surface area contributed by atoms with Gasteiger partial charge in [0.1, 0.15) is 5.76 Å². The Labute approximate surface area is 116 Å². The number of Topliss-reactive ketones (excluding diaryl/α,β-unsaturated/α-hetero) is 1. The Morgan fingerprint density at radius 3 is 2.55 bits per heavy atom. The van der Waals surface area contributed by atoms with Gasteiger partial charge in [0.05, 0.1) is 13.5 Å². The Hall–Kier alpha value is -2.30. The highest BCUT2D eigenvalue weighted by atomic mass is 16.5. The summed E-state index contributed by atoms with van der Waals surface area (Å²) in [6, 6.07) is 3.33. The van der Waals surface area contributed by atoms with E-state index in [-0.39, 0.29) is 18.6 Å². The van der Waals surface area contributed by atoms with Crippen molar-refractivity contribution < 1.29 is 23.8 Å². The maximum absolute atomic E-state index is 12.2. The predicted octanol–water partition coefficient (Wildman–Crippen LogP) is 3.11. The van der Waals surface area contributed by atoms with Gasteiger partial charge in [-0.1, -0.05) is 0 Å². The van der Waals surface area contributed by atoms with E-state index in [9.17, 15) is 9.59 Å². The number of fused-ring (bicyclic) bond motifs is 1. The van der Waals surface area contributed by atoms with Crippen LogP contribution >= 0.6 is 0 Å². The van der Waals surface area contributed by atoms with E-state index < -0.39 is 5.97 Å². The quantitative estimate of drug-likeness (QED) is 0.849. The van der Waals surface area contributed by atoms with Crippen LogP contribution in [0.1, 0.15) is 34.5 Å². The van der Waals surface area contributed by atoms with Gasteiger partial charge in [-0.2, -0.15) is 0 Å². The third-order valence-corrected chi connectivity index (χ3v) is 3.37. The molecule has 1 N–H and O–H groups in total. The molecular weight excluding hydrogens is 260 g/mol. The van der Waals surface area contributed by atoms with Crippen LogP contribution in [0.15, 0.2) is 16.5 Å². The van der Waals surface area contributed by atoms with E-state index in [1.165, 1.54) is 7.11 Å². The van der Waals surface area contributed by atoms with Crippen LogP contribution in [0.2, 0.25) is 0 Å². The van der Waals surface area contributed by atoms with Gasteiger partial charge in [-0.05, 0) is 31.5 Å². The number of carbonyl (C=O) groups excluding carboxylic acids is 1. The lowest BCUT2D eigenvalue weighted by molar-refractivity contribution is -0.136. The number of carboxylic acid groups (broad SMARTS) is 1. The molecule has 1 aromatic heterocycles. The zero-order chi connectivity index (χ0) is 14.9. The van der Waals surface area contributed by atoms with Crippen molar-refractivity contribution in [2.45, 2.75) is 26.7 Å². The molecule has 0 amide bonds. The Kier molecular flexibility index (Phi) is 3.79. The van der Waals surface area contributed by atoms with Crippen LogP contribution < -0.4 is 4.74 Å². The molecule has 2 rings (SSSR count). The van der Waals surface area contributed by atoms with Gasteiger partial charge < -0.3 is 14.3 Å². The number of hydrogen-bond acceptors (Lipinski definition) is 4. The fourth-order valence-corrected chi connectivity index (χ4v) is 2.19. The van der Waals surface area contributed by atoms with Crippen LogP contribution in [0.25, 0.3) is 11.0 Å². The summed E-state index contributed by atoms with van der Waals surface area (Å²) < 4.78 is 10.9. The van der Waals surface area contributed by atoms with Gasteiger partial charge >= 0.3 is 5.97 Å². The molecule has 5 heteroatoms. The van der Waals surface area contributed by atoms with Crippen molar-refractivity contribution >= 4 is 22.7 Å². The van der Waals surface area contributed by atoms with Gasteiger partial charge in [0, 0.05) is 17.4 Å². The minimum absolute atomic E-state index is 0.0274. The summed E-state index contributed by atoms with van der Waals surface area (Å²) >= 11 is 0. The first-order valence-corrected chi connectivity index (χ1v) is 6.27. The normalized spacial score (nSPS) is 10.8. The van der Waals surface area contributed by atoms with Crippen LogP contribution in [0, 0.1) is 13.8 Å². The first-order chi connectivity index (χ1) is 9.45. The molecule has 5 nitrogen and oxygen atoms in total. The maximum atomic E-state index is 12.2. The van der Waals surface area contributed by atoms with Gasteiger partial charge in [-0.25, -0.2) is 0 Å². The molecule has 0 fully saturated rings. The number of ketones is 1. The first-order valence-electron chi connectivity index (χ1n) is 6.27. The Morgan fingerprint density at radius 2 is 1.95 bits per heavy atom. The molecule has 0 aliphatic rings. The average Bonchev–Trinajstić information content (AvgIpc) is 2.71. The van der Waals surface area contributed by atoms with Crippen molar-refractivity contribution in [3.05, 3.63) is 29.0 Å². The van der Waals surface area contributed by atoms with Gasteiger partial charge in [0.15, 0.2) is 17.1 Å². The van der Waals surface area contributed by atoms with E-state index >= 15 is 0 Å². The summed E-state index contributed by atoms with van der Waals surface area (Å²) in [5.74, 6) is 0.0925. The van der Waals surface area contributed by atoms with E-state index in [0.29, 0.717) is 22.3 Å². The molecule has 0 aliphatic carbocycles. The topological polar surface area (TPSA) is 76.7 Å². The molecular formula is C15H16O5. The molecule has 0 radical (unpaired) electrons. The fraction of sp³-hybridized carbons (Fsp3) is 0.333. The molecule has 0 saturated carbocycles. The second-order valence-electron chi connectivity index (χ2n) is 4.62. The number of carboxylic acids is 1. The van der Waals surface area contributed by atoms with Crippen molar-refractivity contribution in [1.82, 2.24) is 0 Å². The Balaban J connectivity index is 2.54. The fourth-order valence-electron chi connectivity index (χ4n) is 2.19. The molecule has 0 atom stereocenters. The predicted molar refractivity (Wildman–Crippen MR) is 73.4 cm³/mol. The van der Waals surface area contributed by atoms with Gasteiger partial charge in [0.25, 0.3) is 0 Å². The van der Waals surface area contributed by atoms with E-state index in [4.69, 9.17) is 14.3 Å². The van der Waals surface area contributed by atoms with Crippen molar-refractivity contribution in [1.29, 1.82) is 0 Å². The van der Waals surface area contributed by atoms with E-state index in [1.54, 1.807) is 12.1 Å². The van der Waals surface area contributed by atoms with E-state index in [1.807, 2.05) is 13.8 Å². The number of methoxy groups -OCH3 is 1. The molecule has 1 aromatic carbocycles. The summed E-state index contributed by atoms with van der Waals surface area (Å²) in [5, 5.41) is 9.38. The highest BCUT2D eigenvalue weighted by Gasteiger charge is 2.20. The molecule has 1 heterocycles. The van der Waals surface area contributed by atoms with Crippen molar-refractivity contribution in [2.75, 3.05) is 7.11 Å². The number of rotatable bonds is 5. The SMILES string of the molecule is COc1ccc(C(=O)CCC(=O)O)c2c(C)c(C)oc12. The number of carbonyl (C=O) groups is 2. The number of hydrogen-bond donors (Lipinski definition) is 1. The van der Waals surface area contributed by atoms with E-state index in [2.05, 4.69) is 0 Å². The minimum atomic E-state index is -0.983. The van der Waals surface area contributed by atoms with Crippen molar-refractivity contribution in [2.24, 2.45) is 0 Å². The second kappa shape index (κ2) is 5.36. The third kappa shape index (κ3) is 2.39. The van der Waals surface area contributed by atoms with Gasteiger partial charge in [-0.15, -0.1) is 0 Å². The van der Waals surface area contributed by atoms with Crippen LogP contribution in [0.4, 0.5) is 0 Å². The molecule has 20 heavy (non-hydrogen) atoms. The number of aryl methyl sites for hydroxylation is 2. The third-order valence-electron chi connectivity index (χ3n) is 3.37. The van der Waals surface area contributed by atoms with Crippen LogP contribution in [0.5, 0.6) is 5.75 Å². The van der Waals surface area contributed by atoms with Crippen molar-refractivity contribution in [3.8, 4) is 5.75 Å². The van der Waals surface area contributed by atoms with Crippen LogP contribution in [-0.4, -0.2) is 24.0 Å². The number of benzene rings is 1. The summed E-state index contributed by atoms with van der Waals surface area (Å²) in [6.07, 6.45) is -0.206. The van der Waals surface area contributed by atoms with Gasteiger partial charge in [0.2, 0.25) is 0 Å². The zero-order valence-corrected chi connectivity index (χ0v) is 11.6. The van der Waals surface area contributed by atoms with Crippen LogP contribution in [-0.2, 0) is 4.79 Å². The number of furan rings is 1. The maximum Gasteiger partial charge on any atom is 0.303 e. The molecule has 106 valence electrons. The molecule has 0 saturated heterocycles. The Bertz CT molecular complexity index is 681. The number of ether oxygens (including phenoxy) is 1. The highest BCUT2D eigenvalue weighted by molar-refractivity contribution is 6.10. The van der Waals surface area contributed by atoms with Gasteiger partial charge in [-0.3, -0.25) is 9.59 Å². The molecule has 0 unspecified atom stereocenters. The summed E-state index contributed by atoms with van der Waals surface area (Å²) in [7, 11) is 1.54. The molecule has 0 aliphatic heterocycles. The Morgan fingerprint density at radius 1 is 1.25 bits per heavy atom. The monoisotopic (exact) mass is 276 g/mol. The average molecular weight is 276 g/mol. The molecule has 2 aromatic rings. The summed E-state index contributed by atoms with van der Waals surface area (Å²) in [4.78, 5) is 22.8. The summed E-state index contributed by atoms with van der Waals surface area (Å²) in [6.45, 7) is 3.69. The lowest BCUT2D eigenvalue weighted by Gasteiger charge is -2.05. The lowest BCUT2D eigenvalue weighted by Crippen LogP contribution is -2.04. The molecule has 0 bridgehead atoms. The van der Waals surface area contributed by atoms with Crippen LogP contribution in [0.3, 0.4) is 0 Å². The zero-order valence-electron chi connectivity index (χ0n) is 11.6. The standard InChI is InChI=1S/C15H16O5/c1-8-9(2)20-15-12(19-3)6-4-10(14(8)15)11(16)5-7-13(17)18/h4,6H,5,7H2,1-3H3,(H,17,18). The largest absolute Gasteiger partial charge is 0.493 e. The first kappa shape index (κ1) is 14.1. The highest BCUT2D eigenvalue weighted by Crippen LogP contribution is 2.35. The minimum Gasteiger partial charge on any atom is -0.493 e. The van der Waals surface area contributed by atoms with Crippen molar-refractivity contribution in [3.63, 3.8) is 0 Å². The second-order valence-corrected chi connectivity index (χ2v) is 4.62. The number of aliphatic carboxylic acids is 1.